The van der Waals surface area contributed by atoms with Crippen molar-refractivity contribution >= 4 is 28.9 Å². The second kappa shape index (κ2) is 6.91. The van der Waals surface area contributed by atoms with Gasteiger partial charge in [-0.1, -0.05) is 23.7 Å². The van der Waals surface area contributed by atoms with Gasteiger partial charge in [0.2, 0.25) is 0 Å². The largest absolute Gasteiger partial charge is 0.425 e. The first-order valence-corrected chi connectivity index (χ1v) is 6.79. The molecule has 0 aliphatic carbocycles. The van der Waals surface area contributed by atoms with Crippen molar-refractivity contribution in [2.75, 3.05) is 11.9 Å². The minimum Gasteiger partial charge on any atom is -0.425 e. The van der Waals surface area contributed by atoms with Crippen molar-refractivity contribution in [3.8, 4) is 5.75 Å². The van der Waals surface area contributed by atoms with Crippen LogP contribution in [0.15, 0.2) is 42.5 Å². The Kier molecular flexibility index (Phi) is 4.95. The topological polar surface area (TPSA) is 81.5 Å². The van der Waals surface area contributed by atoms with Crippen molar-refractivity contribution < 1.29 is 14.5 Å². The molecule has 0 bridgehead atoms. The number of nitrogens with zero attached hydrogens (tertiary/aromatic N) is 1. The molecule has 0 amide bonds. The van der Waals surface area contributed by atoms with Crippen LogP contribution in [0.25, 0.3) is 0 Å². The first kappa shape index (κ1) is 15.8. The van der Waals surface area contributed by atoms with E-state index in [9.17, 15) is 14.9 Å². The fourth-order valence-corrected chi connectivity index (χ4v) is 2.06. The molecule has 0 spiro atoms. The SMILES string of the molecule is Cc1cc(Cl)ccc1OC(=O)CNc1ccccc1[N+](=O)[O-]. The van der Waals surface area contributed by atoms with Gasteiger partial charge in [-0.05, 0) is 36.8 Å². The summed E-state index contributed by atoms with van der Waals surface area (Å²) in [6.45, 7) is 1.58. The number of ether oxygens (including phenoxy) is 1. The van der Waals surface area contributed by atoms with E-state index >= 15 is 0 Å². The van der Waals surface area contributed by atoms with Crippen LogP contribution in [0.1, 0.15) is 5.56 Å². The Balaban J connectivity index is 2.00. The van der Waals surface area contributed by atoms with Gasteiger partial charge in [-0.25, -0.2) is 4.79 Å². The van der Waals surface area contributed by atoms with Crippen molar-refractivity contribution in [1.29, 1.82) is 0 Å². The minimum absolute atomic E-state index is 0.0991. The van der Waals surface area contributed by atoms with E-state index in [1.165, 1.54) is 12.1 Å². The van der Waals surface area contributed by atoms with Crippen LogP contribution in [0.4, 0.5) is 11.4 Å². The summed E-state index contributed by atoms with van der Waals surface area (Å²) in [5, 5.41) is 14.1. The number of para-hydroxylation sites is 2. The van der Waals surface area contributed by atoms with Gasteiger partial charge in [-0.2, -0.15) is 0 Å². The van der Waals surface area contributed by atoms with Gasteiger partial charge in [-0.15, -0.1) is 0 Å². The monoisotopic (exact) mass is 320 g/mol. The third-order valence-electron chi connectivity index (χ3n) is 2.88. The number of aryl methyl sites for hydroxylation is 1. The van der Waals surface area contributed by atoms with E-state index < -0.39 is 10.9 Å². The molecule has 0 radical (unpaired) electrons. The molecule has 2 aromatic rings. The smallest absolute Gasteiger partial charge is 0.330 e. The Morgan fingerprint density at radius 1 is 1.32 bits per heavy atom. The standard InChI is InChI=1S/C15H13ClN2O4/c1-10-8-11(16)6-7-14(10)22-15(19)9-17-12-4-2-3-5-13(12)18(20)21/h2-8,17H,9H2,1H3. The van der Waals surface area contributed by atoms with Gasteiger partial charge in [0, 0.05) is 11.1 Å². The maximum Gasteiger partial charge on any atom is 0.330 e. The van der Waals surface area contributed by atoms with Crippen LogP contribution in [-0.4, -0.2) is 17.4 Å². The van der Waals surface area contributed by atoms with Gasteiger partial charge in [0.05, 0.1) is 4.92 Å². The second-order valence-electron chi connectivity index (χ2n) is 4.51. The highest BCUT2D eigenvalue weighted by atomic mass is 35.5. The molecule has 0 aromatic heterocycles. The Bertz CT molecular complexity index is 718. The molecule has 6 nitrogen and oxygen atoms in total. The van der Waals surface area contributed by atoms with E-state index in [4.69, 9.17) is 16.3 Å². The van der Waals surface area contributed by atoms with Crippen LogP contribution in [0, 0.1) is 17.0 Å². The van der Waals surface area contributed by atoms with Crippen LogP contribution >= 0.6 is 11.6 Å². The molecule has 1 N–H and O–H groups in total. The highest BCUT2D eigenvalue weighted by molar-refractivity contribution is 6.30. The Labute approximate surface area is 131 Å². The average Bonchev–Trinajstić information content (AvgIpc) is 2.48. The molecule has 0 heterocycles. The van der Waals surface area contributed by atoms with Crippen molar-refractivity contribution in [3.63, 3.8) is 0 Å². The molecule has 0 atom stereocenters. The number of hydrogen-bond donors (Lipinski definition) is 1. The molecule has 0 saturated carbocycles. The average molecular weight is 321 g/mol. The first-order valence-electron chi connectivity index (χ1n) is 6.41. The zero-order valence-electron chi connectivity index (χ0n) is 11.7. The molecule has 114 valence electrons. The molecule has 22 heavy (non-hydrogen) atoms. The number of anilines is 1. The van der Waals surface area contributed by atoms with Crippen LogP contribution < -0.4 is 10.1 Å². The van der Waals surface area contributed by atoms with Crippen molar-refractivity contribution in [2.24, 2.45) is 0 Å². The zero-order chi connectivity index (χ0) is 16.1. The number of nitrogens with one attached hydrogen (secondary N) is 1. The number of esters is 1. The number of nitro benzene ring substituents is 1. The van der Waals surface area contributed by atoms with Gasteiger partial charge in [-0.3, -0.25) is 10.1 Å². The predicted octanol–water partition coefficient (Wildman–Crippen LogP) is 3.57. The molecule has 0 unspecified atom stereocenters. The fraction of sp³-hybridized carbons (Fsp3) is 0.133. The third-order valence-corrected chi connectivity index (χ3v) is 3.12. The van der Waals surface area contributed by atoms with Crippen molar-refractivity contribution in [3.05, 3.63) is 63.2 Å². The van der Waals surface area contributed by atoms with E-state index in [1.807, 2.05) is 0 Å². The summed E-state index contributed by atoms with van der Waals surface area (Å²) in [4.78, 5) is 22.2. The van der Waals surface area contributed by atoms with Crippen LogP contribution in [0.2, 0.25) is 5.02 Å². The molecule has 2 rings (SSSR count). The molecule has 0 aliphatic heterocycles. The quantitative estimate of drug-likeness (QED) is 0.394. The van der Waals surface area contributed by atoms with Crippen molar-refractivity contribution in [2.45, 2.75) is 6.92 Å². The molecular weight excluding hydrogens is 308 g/mol. The molecule has 2 aromatic carbocycles. The first-order chi connectivity index (χ1) is 10.5. The lowest BCUT2D eigenvalue weighted by Gasteiger charge is -2.09. The Hall–Kier alpha value is -2.60. The molecular formula is C15H13ClN2O4. The highest BCUT2D eigenvalue weighted by Crippen LogP contribution is 2.24. The van der Waals surface area contributed by atoms with Gasteiger partial charge in [0.15, 0.2) is 0 Å². The van der Waals surface area contributed by atoms with Crippen LogP contribution in [0.5, 0.6) is 5.75 Å². The summed E-state index contributed by atoms with van der Waals surface area (Å²) in [5.41, 5.74) is 0.891. The van der Waals surface area contributed by atoms with Gasteiger partial charge in [0.25, 0.3) is 5.69 Å². The number of benzene rings is 2. The highest BCUT2D eigenvalue weighted by Gasteiger charge is 2.14. The number of rotatable bonds is 5. The molecule has 0 saturated heterocycles. The van der Waals surface area contributed by atoms with E-state index in [0.29, 0.717) is 10.8 Å². The lowest BCUT2D eigenvalue weighted by atomic mass is 10.2. The maximum atomic E-state index is 11.8. The summed E-state index contributed by atoms with van der Waals surface area (Å²) in [6.07, 6.45) is 0. The normalized spacial score (nSPS) is 10.1. The number of halogens is 1. The number of hydrogen-bond acceptors (Lipinski definition) is 5. The number of carbonyl (C=O) groups is 1. The summed E-state index contributed by atoms with van der Waals surface area (Å²) in [6, 6.07) is 11.0. The zero-order valence-corrected chi connectivity index (χ0v) is 12.5. The summed E-state index contributed by atoms with van der Waals surface area (Å²) >= 11 is 5.83. The maximum absolute atomic E-state index is 11.8. The summed E-state index contributed by atoms with van der Waals surface area (Å²) in [5.74, 6) is -0.151. The van der Waals surface area contributed by atoms with Gasteiger partial charge < -0.3 is 10.1 Å². The van der Waals surface area contributed by atoms with Crippen molar-refractivity contribution in [1.82, 2.24) is 0 Å². The number of carbonyl (C=O) groups excluding carboxylic acids is 1. The molecule has 0 aliphatic rings. The van der Waals surface area contributed by atoms with E-state index in [1.54, 1.807) is 37.3 Å². The Morgan fingerprint density at radius 3 is 2.73 bits per heavy atom. The van der Waals surface area contributed by atoms with Gasteiger partial charge in [0.1, 0.15) is 18.0 Å². The van der Waals surface area contributed by atoms with Gasteiger partial charge >= 0.3 is 5.97 Å². The van der Waals surface area contributed by atoms with E-state index in [0.717, 1.165) is 5.56 Å². The molecule has 0 fully saturated rings. The second-order valence-corrected chi connectivity index (χ2v) is 4.95. The summed E-state index contributed by atoms with van der Waals surface area (Å²) < 4.78 is 5.19. The third kappa shape index (κ3) is 3.95. The molecule has 7 heteroatoms. The van der Waals surface area contributed by atoms with Crippen LogP contribution in [0.3, 0.4) is 0 Å². The number of nitro groups is 1. The lowest BCUT2D eigenvalue weighted by molar-refractivity contribution is -0.383. The minimum atomic E-state index is -0.552. The fourth-order valence-electron chi connectivity index (χ4n) is 1.84. The van der Waals surface area contributed by atoms with E-state index in [2.05, 4.69) is 5.32 Å². The Morgan fingerprint density at radius 2 is 2.05 bits per heavy atom. The summed E-state index contributed by atoms with van der Waals surface area (Å²) in [7, 11) is 0. The lowest BCUT2D eigenvalue weighted by Crippen LogP contribution is -2.20. The van der Waals surface area contributed by atoms with E-state index in [-0.39, 0.29) is 17.9 Å². The van der Waals surface area contributed by atoms with Crippen LogP contribution in [-0.2, 0) is 4.79 Å². The predicted molar refractivity (Wildman–Crippen MR) is 83.4 cm³/mol.